The molecular weight excluding hydrogens is 120 g/mol. The van der Waals surface area contributed by atoms with Crippen molar-refractivity contribution in [3.8, 4) is 6.07 Å². The fourth-order valence-electron chi connectivity index (χ4n) is 0.139. The zero-order valence-corrected chi connectivity index (χ0v) is 5.62. The van der Waals surface area contributed by atoms with Gasteiger partial charge in [-0.2, -0.15) is 5.26 Å². The number of hydrogen-bond donors (Lipinski definition) is 0. The molecule has 42 valence electrons. The summed E-state index contributed by atoms with van der Waals surface area (Å²) in [4.78, 5) is 3.58. The molecule has 0 saturated carbocycles. The topological polar surface area (TPSA) is 36.1 Å². The molecule has 0 atom stereocenters. The second-order valence-electron chi connectivity index (χ2n) is 1.87. The van der Waals surface area contributed by atoms with Crippen molar-refractivity contribution in [1.82, 2.24) is 0 Å². The number of hydrogen-bond acceptors (Lipinski definition) is 3. The van der Waals surface area contributed by atoms with Gasteiger partial charge in [-0.05, 0) is 26.1 Å². The van der Waals surface area contributed by atoms with Crippen LogP contribution < -0.4 is 0 Å². The Morgan fingerprint density at radius 3 is 2.25 bits per heavy atom. The Morgan fingerprint density at radius 1 is 1.62 bits per heavy atom. The van der Waals surface area contributed by atoms with Crippen molar-refractivity contribution < 1.29 is 0 Å². The summed E-state index contributed by atoms with van der Waals surface area (Å²) in [6, 6.07) is 1.95. The molecule has 0 amide bonds. The molecular formula is C5H6N2S. The minimum Gasteiger partial charge on any atom is -0.211 e. The lowest BCUT2D eigenvalue weighted by atomic mass is 10.1. The second kappa shape index (κ2) is 2.56. The van der Waals surface area contributed by atoms with Crippen molar-refractivity contribution in [3.05, 3.63) is 0 Å². The highest BCUT2D eigenvalue weighted by Crippen LogP contribution is 2.03. The summed E-state index contributed by atoms with van der Waals surface area (Å²) >= 11 is 4.30. The molecule has 2 nitrogen and oxygen atoms in total. The summed E-state index contributed by atoms with van der Waals surface area (Å²) in [6.45, 7) is 3.35. The lowest BCUT2D eigenvalue weighted by Gasteiger charge is -2.02. The summed E-state index contributed by atoms with van der Waals surface area (Å²) in [5, 5.41) is 10.4. The van der Waals surface area contributed by atoms with Gasteiger partial charge < -0.3 is 0 Å². The Morgan fingerprint density at radius 2 is 2.12 bits per heavy atom. The molecule has 0 heterocycles. The highest BCUT2D eigenvalue weighted by atomic mass is 32.1. The maximum atomic E-state index is 8.30. The van der Waals surface area contributed by atoms with E-state index >= 15 is 0 Å². The molecule has 3 heteroatoms. The fraction of sp³-hybridized carbons (Fsp3) is 0.600. The van der Waals surface area contributed by atoms with E-state index in [9.17, 15) is 0 Å². The lowest BCUT2D eigenvalue weighted by molar-refractivity contribution is 0.679. The smallest absolute Gasteiger partial charge is 0.151 e. The van der Waals surface area contributed by atoms with Crippen LogP contribution in [0.5, 0.6) is 0 Å². The van der Waals surface area contributed by atoms with E-state index in [-0.39, 0.29) is 0 Å². The molecule has 0 saturated heterocycles. The number of thiocarbonyl (C=S) groups is 1. The Bertz CT molecular complexity index is 160. The van der Waals surface area contributed by atoms with Crippen molar-refractivity contribution in [2.45, 2.75) is 19.4 Å². The molecule has 0 bridgehead atoms. The lowest BCUT2D eigenvalue weighted by Crippen LogP contribution is -2.11. The van der Waals surface area contributed by atoms with E-state index in [1.165, 1.54) is 0 Å². The molecule has 0 unspecified atom stereocenters. The van der Waals surface area contributed by atoms with Gasteiger partial charge in [0.25, 0.3) is 0 Å². The molecule has 8 heavy (non-hydrogen) atoms. The Balaban J connectivity index is 4.19. The molecule has 0 radical (unpaired) electrons. The molecule has 0 aromatic rings. The van der Waals surface area contributed by atoms with Crippen molar-refractivity contribution in [2.24, 2.45) is 4.99 Å². The first-order valence-corrected chi connectivity index (χ1v) is 2.53. The van der Waals surface area contributed by atoms with Gasteiger partial charge in [-0.15, -0.1) is 0 Å². The number of aliphatic imine (C=N–C) groups is 1. The third-order valence-corrected chi connectivity index (χ3v) is 0.690. The summed E-state index contributed by atoms with van der Waals surface area (Å²) in [5.74, 6) is 0. The molecule has 0 fully saturated rings. The molecule has 0 spiro atoms. The Hall–Kier alpha value is -0.710. The Kier molecular flexibility index (Phi) is 2.33. The van der Waals surface area contributed by atoms with Gasteiger partial charge in [-0.3, -0.25) is 0 Å². The standard InChI is InChI=1S/C5H6N2S/c1-5(2,3-6)7-4-8/h1-2H3. The summed E-state index contributed by atoms with van der Waals surface area (Å²) in [5.41, 5.74) is -0.693. The van der Waals surface area contributed by atoms with Crippen LogP contribution in [0.2, 0.25) is 0 Å². The maximum absolute atomic E-state index is 8.30. The van der Waals surface area contributed by atoms with Crippen LogP contribution in [0.3, 0.4) is 0 Å². The fourth-order valence-corrected chi connectivity index (χ4v) is 0.367. The van der Waals surface area contributed by atoms with Gasteiger partial charge >= 0.3 is 0 Å². The van der Waals surface area contributed by atoms with Crippen LogP contribution in [0, 0.1) is 11.3 Å². The van der Waals surface area contributed by atoms with E-state index in [1.54, 1.807) is 13.8 Å². The van der Waals surface area contributed by atoms with Gasteiger partial charge in [0, 0.05) is 0 Å². The maximum Gasteiger partial charge on any atom is 0.151 e. The first kappa shape index (κ1) is 7.29. The number of rotatable bonds is 1. The van der Waals surface area contributed by atoms with Gasteiger partial charge in [0.15, 0.2) is 5.54 Å². The number of isothiocyanates is 1. The van der Waals surface area contributed by atoms with Crippen LogP contribution in [-0.2, 0) is 0 Å². The van der Waals surface area contributed by atoms with Gasteiger partial charge in [0.2, 0.25) is 0 Å². The van der Waals surface area contributed by atoms with Crippen LogP contribution in [-0.4, -0.2) is 10.7 Å². The number of nitrogens with zero attached hydrogens (tertiary/aromatic N) is 2. The monoisotopic (exact) mass is 126 g/mol. The molecule has 0 aliphatic heterocycles. The largest absolute Gasteiger partial charge is 0.211 e. The van der Waals surface area contributed by atoms with Crippen LogP contribution >= 0.6 is 12.2 Å². The normalized spacial score (nSPS) is 9.12. The summed E-state index contributed by atoms with van der Waals surface area (Å²) in [7, 11) is 0. The zero-order chi connectivity index (χ0) is 6.62. The van der Waals surface area contributed by atoms with Crippen molar-refractivity contribution in [1.29, 1.82) is 5.26 Å². The SMILES string of the molecule is CC(C)(C#N)N=C=S. The highest BCUT2D eigenvalue weighted by Gasteiger charge is 2.11. The van der Waals surface area contributed by atoms with E-state index in [4.69, 9.17) is 5.26 Å². The first-order valence-electron chi connectivity index (χ1n) is 2.12. The van der Waals surface area contributed by atoms with Crippen LogP contribution in [0.1, 0.15) is 13.8 Å². The number of nitriles is 1. The molecule has 0 rings (SSSR count). The van der Waals surface area contributed by atoms with E-state index in [2.05, 4.69) is 22.4 Å². The summed E-state index contributed by atoms with van der Waals surface area (Å²) in [6.07, 6.45) is 0. The third kappa shape index (κ3) is 2.46. The van der Waals surface area contributed by atoms with Gasteiger partial charge in [-0.25, -0.2) is 4.99 Å². The van der Waals surface area contributed by atoms with E-state index in [0.29, 0.717) is 0 Å². The van der Waals surface area contributed by atoms with E-state index < -0.39 is 5.54 Å². The highest BCUT2D eigenvalue weighted by molar-refractivity contribution is 7.78. The zero-order valence-electron chi connectivity index (χ0n) is 4.80. The Labute approximate surface area is 53.8 Å². The van der Waals surface area contributed by atoms with Gasteiger partial charge in [-0.1, -0.05) is 0 Å². The second-order valence-corrected chi connectivity index (χ2v) is 2.06. The molecule has 0 aliphatic rings. The summed E-state index contributed by atoms with van der Waals surface area (Å²) < 4.78 is 0. The predicted octanol–water partition coefficient (Wildman–Crippen LogP) is 1.39. The molecule has 0 aromatic carbocycles. The van der Waals surface area contributed by atoms with E-state index in [0.717, 1.165) is 0 Å². The average Bonchev–Trinajstić information content (AvgIpc) is 1.67. The van der Waals surface area contributed by atoms with Gasteiger partial charge in [0.05, 0.1) is 11.2 Å². The minimum absolute atomic E-state index is 0.693. The van der Waals surface area contributed by atoms with Crippen LogP contribution in [0.25, 0.3) is 0 Å². The van der Waals surface area contributed by atoms with Crippen molar-refractivity contribution in [3.63, 3.8) is 0 Å². The van der Waals surface area contributed by atoms with Crippen molar-refractivity contribution in [2.75, 3.05) is 0 Å². The minimum atomic E-state index is -0.693. The quantitative estimate of drug-likeness (QED) is 0.393. The molecule has 0 aliphatic carbocycles. The first-order chi connectivity index (χ1) is 3.62. The predicted molar refractivity (Wildman–Crippen MR) is 34.7 cm³/mol. The van der Waals surface area contributed by atoms with Crippen LogP contribution in [0.15, 0.2) is 4.99 Å². The van der Waals surface area contributed by atoms with Gasteiger partial charge in [0.1, 0.15) is 0 Å². The third-order valence-electron chi connectivity index (χ3n) is 0.599. The van der Waals surface area contributed by atoms with E-state index in [1.807, 2.05) is 6.07 Å². The average molecular weight is 126 g/mol. The van der Waals surface area contributed by atoms with Crippen LogP contribution in [0.4, 0.5) is 0 Å². The molecule has 0 N–H and O–H groups in total. The molecule has 0 aromatic heterocycles. The van der Waals surface area contributed by atoms with Crippen molar-refractivity contribution >= 4 is 17.4 Å².